The highest BCUT2D eigenvalue weighted by atomic mass is 14.2. The van der Waals surface area contributed by atoms with Gasteiger partial charge in [-0.25, -0.2) is 0 Å². The normalized spacial score (nSPS) is 14.2. The van der Waals surface area contributed by atoms with Gasteiger partial charge in [0.1, 0.15) is 0 Å². The Kier molecular flexibility index (Phi) is 2.22. The van der Waals surface area contributed by atoms with Gasteiger partial charge in [-0.2, -0.15) is 0 Å². The number of benzene rings is 1. The molecule has 0 unspecified atom stereocenters. The van der Waals surface area contributed by atoms with Gasteiger partial charge in [-0.15, -0.1) is 0 Å². The van der Waals surface area contributed by atoms with Crippen molar-refractivity contribution in [3.8, 4) is 0 Å². The molecule has 67 valence electrons. The lowest BCUT2D eigenvalue weighted by atomic mass is 9.98. The predicted octanol–water partition coefficient (Wildman–Crippen LogP) is 3.30. The van der Waals surface area contributed by atoms with Crippen LogP contribution in [-0.4, -0.2) is 0 Å². The molecule has 0 atom stereocenters. The Morgan fingerprint density at radius 2 is 2.31 bits per heavy atom. The quantitative estimate of drug-likeness (QED) is 0.599. The van der Waals surface area contributed by atoms with Gasteiger partial charge in [0.05, 0.1) is 0 Å². The minimum atomic E-state index is 1.04. The van der Waals surface area contributed by atoms with Gasteiger partial charge in [0.2, 0.25) is 0 Å². The van der Waals surface area contributed by atoms with Crippen molar-refractivity contribution in [3.63, 3.8) is 0 Å². The summed E-state index contributed by atoms with van der Waals surface area (Å²) in [6.07, 6.45) is 5.80. The number of hydrogen-bond donors (Lipinski definition) is 0. The average molecular weight is 171 g/mol. The summed E-state index contributed by atoms with van der Waals surface area (Å²) in [5.74, 6) is 0. The van der Waals surface area contributed by atoms with Crippen LogP contribution in [0.1, 0.15) is 30.0 Å². The summed E-state index contributed by atoms with van der Waals surface area (Å²) in [7, 11) is 0. The zero-order valence-electron chi connectivity index (χ0n) is 8.14. The smallest absolute Gasteiger partial charge is 0.00697 e. The third kappa shape index (κ3) is 1.67. The van der Waals surface area contributed by atoms with Crippen molar-refractivity contribution in [2.45, 2.75) is 26.2 Å². The highest BCUT2D eigenvalue weighted by Gasteiger charge is 2.13. The van der Waals surface area contributed by atoms with E-state index in [1.54, 1.807) is 5.56 Å². The van der Waals surface area contributed by atoms with E-state index in [9.17, 15) is 0 Å². The fourth-order valence-electron chi connectivity index (χ4n) is 2.01. The fraction of sp³-hybridized carbons (Fsp3) is 0.308. The minimum absolute atomic E-state index is 1.04. The molecular formula is C13H15. The summed E-state index contributed by atoms with van der Waals surface area (Å²) in [4.78, 5) is 0. The van der Waals surface area contributed by atoms with E-state index in [4.69, 9.17) is 0 Å². The summed E-state index contributed by atoms with van der Waals surface area (Å²) in [5, 5.41) is 0. The van der Waals surface area contributed by atoms with Crippen molar-refractivity contribution in [2.24, 2.45) is 0 Å². The van der Waals surface area contributed by atoms with Crippen LogP contribution in [0.15, 0.2) is 30.4 Å². The van der Waals surface area contributed by atoms with Gasteiger partial charge in [-0.1, -0.05) is 30.4 Å². The number of rotatable bonds is 2. The molecule has 0 N–H and O–H groups in total. The van der Waals surface area contributed by atoms with Gasteiger partial charge in [0.15, 0.2) is 0 Å². The van der Waals surface area contributed by atoms with E-state index in [1.807, 2.05) is 0 Å². The van der Waals surface area contributed by atoms with Crippen molar-refractivity contribution in [2.75, 3.05) is 0 Å². The zero-order chi connectivity index (χ0) is 9.26. The first kappa shape index (κ1) is 8.55. The second-order valence-electron chi connectivity index (χ2n) is 3.86. The zero-order valence-corrected chi connectivity index (χ0v) is 8.14. The van der Waals surface area contributed by atoms with Gasteiger partial charge in [0, 0.05) is 0 Å². The highest BCUT2D eigenvalue weighted by Crippen LogP contribution is 2.27. The molecule has 1 aliphatic rings. The molecule has 0 aromatic heterocycles. The molecule has 1 aliphatic carbocycles. The maximum atomic E-state index is 3.97. The first-order chi connectivity index (χ1) is 6.27. The van der Waals surface area contributed by atoms with Crippen molar-refractivity contribution in [1.82, 2.24) is 0 Å². The third-order valence-electron chi connectivity index (χ3n) is 2.56. The Hall–Kier alpha value is -1.04. The van der Waals surface area contributed by atoms with Crippen LogP contribution >= 0.6 is 0 Å². The minimum Gasteiger partial charge on any atom is -0.0998 e. The molecule has 0 amide bonds. The summed E-state index contributed by atoms with van der Waals surface area (Å²) in [5.41, 5.74) is 5.71. The SMILES string of the molecule is C=C(C)Cc1cccc2c1CC[CH]2. The molecule has 1 radical (unpaired) electrons. The Balaban J connectivity index is 2.36. The molecule has 2 rings (SSSR count). The van der Waals surface area contributed by atoms with Gasteiger partial charge in [-0.05, 0) is 49.3 Å². The van der Waals surface area contributed by atoms with Crippen molar-refractivity contribution in [3.05, 3.63) is 53.5 Å². The van der Waals surface area contributed by atoms with E-state index in [1.165, 1.54) is 29.5 Å². The van der Waals surface area contributed by atoms with Gasteiger partial charge in [-0.3, -0.25) is 0 Å². The van der Waals surface area contributed by atoms with Crippen LogP contribution in [-0.2, 0) is 12.8 Å². The van der Waals surface area contributed by atoms with Crippen LogP contribution in [0.3, 0.4) is 0 Å². The number of hydrogen-bond acceptors (Lipinski definition) is 0. The van der Waals surface area contributed by atoms with Crippen LogP contribution in [0.2, 0.25) is 0 Å². The predicted molar refractivity (Wildman–Crippen MR) is 56.7 cm³/mol. The van der Waals surface area contributed by atoms with Gasteiger partial charge < -0.3 is 0 Å². The third-order valence-corrected chi connectivity index (χ3v) is 2.56. The summed E-state index contributed by atoms with van der Waals surface area (Å²) in [6.45, 7) is 6.06. The second-order valence-corrected chi connectivity index (χ2v) is 3.86. The topological polar surface area (TPSA) is 0 Å². The molecule has 0 heterocycles. The molecule has 0 saturated carbocycles. The molecular weight excluding hydrogens is 156 g/mol. The standard InChI is InChI=1S/C13H15/c1-10(2)9-12-7-3-5-11-6-4-8-13(11)12/h3,5-7H,1,4,8-9H2,2H3. The maximum Gasteiger partial charge on any atom is -0.00697 e. The first-order valence-corrected chi connectivity index (χ1v) is 4.86. The molecule has 1 aromatic carbocycles. The van der Waals surface area contributed by atoms with Crippen LogP contribution in [0.25, 0.3) is 0 Å². The molecule has 0 aliphatic heterocycles. The fourth-order valence-corrected chi connectivity index (χ4v) is 2.01. The monoisotopic (exact) mass is 171 g/mol. The Labute approximate surface area is 80.3 Å². The molecule has 0 nitrogen and oxygen atoms in total. The molecule has 0 spiro atoms. The molecule has 0 heteroatoms. The van der Waals surface area contributed by atoms with Crippen LogP contribution in [0.4, 0.5) is 0 Å². The first-order valence-electron chi connectivity index (χ1n) is 4.86. The largest absolute Gasteiger partial charge is 0.0998 e. The van der Waals surface area contributed by atoms with Gasteiger partial charge >= 0.3 is 0 Å². The van der Waals surface area contributed by atoms with E-state index < -0.39 is 0 Å². The Morgan fingerprint density at radius 1 is 1.46 bits per heavy atom. The van der Waals surface area contributed by atoms with Gasteiger partial charge in [0.25, 0.3) is 0 Å². The maximum absolute atomic E-state index is 3.97. The van der Waals surface area contributed by atoms with Crippen molar-refractivity contribution < 1.29 is 0 Å². The van der Waals surface area contributed by atoms with Crippen LogP contribution in [0.5, 0.6) is 0 Å². The molecule has 0 fully saturated rings. The molecule has 0 bridgehead atoms. The van der Waals surface area contributed by atoms with E-state index in [0.29, 0.717) is 0 Å². The lowest BCUT2D eigenvalue weighted by Gasteiger charge is -2.07. The van der Waals surface area contributed by atoms with E-state index in [0.717, 1.165) is 6.42 Å². The summed E-state index contributed by atoms with van der Waals surface area (Å²) < 4.78 is 0. The highest BCUT2D eigenvalue weighted by molar-refractivity contribution is 5.44. The Bertz CT molecular complexity index is 334. The van der Waals surface area contributed by atoms with Crippen LogP contribution < -0.4 is 0 Å². The number of allylic oxidation sites excluding steroid dienone is 1. The average Bonchev–Trinajstić information content (AvgIpc) is 2.51. The van der Waals surface area contributed by atoms with Crippen molar-refractivity contribution >= 4 is 0 Å². The lowest BCUT2D eigenvalue weighted by Crippen LogP contribution is -1.93. The molecule has 13 heavy (non-hydrogen) atoms. The summed E-state index contributed by atoms with van der Waals surface area (Å²) >= 11 is 0. The van der Waals surface area contributed by atoms with E-state index in [-0.39, 0.29) is 0 Å². The molecule has 0 saturated heterocycles. The Morgan fingerprint density at radius 3 is 3.08 bits per heavy atom. The van der Waals surface area contributed by atoms with E-state index in [2.05, 4.69) is 38.1 Å². The van der Waals surface area contributed by atoms with Crippen molar-refractivity contribution in [1.29, 1.82) is 0 Å². The van der Waals surface area contributed by atoms with Crippen LogP contribution in [0, 0.1) is 6.42 Å². The van der Waals surface area contributed by atoms with E-state index >= 15 is 0 Å². The molecule has 1 aromatic rings. The summed E-state index contributed by atoms with van der Waals surface area (Å²) in [6, 6.07) is 6.59. The second kappa shape index (κ2) is 3.37. The lowest BCUT2D eigenvalue weighted by molar-refractivity contribution is 1.00. The number of fused-ring (bicyclic) bond motifs is 1.